The molecule has 1 aromatic heterocycles. The Morgan fingerprint density at radius 1 is 1.35 bits per heavy atom. The van der Waals surface area contributed by atoms with Crippen molar-refractivity contribution in [1.82, 2.24) is 15.2 Å². The standard InChI is InChI=1S/C18H23N3O2/c1-21-16(8-4-5-9-17(21)22)18(23)19-11-10-13-12-20-15-7-3-2-6-14(13)15/h2-3,6-7,12,16,20H,4-5,8-11H2,1H3,(H,19,23). The zero-order valence-electron chi connectivity index (χ0n) is 13.5. The second kappa shape index (κ2) is 6.86. The topological polar surface area (TPSA) is 65.2 Å². The average molecular weight is 313 g/mol. The van der Waals surface area contributed by atoms with E-state index in [0.717, 1.165) is 31.2 Å². The summed E-state index contributed by atoms with van der Waals surface area (Å²) in [6, 6.07) is 7.82. The maximum atomic E-state index is 12.4. The number of aromatic amines is 1. The van der Waals surface area contributed by atoms with Gasteiger partial charge in [0.1, 0.15) is 6.04 Å². The van der Waals surface area contributed by atoms with Gasteiger partial charge in [-0.3, -0.25) is 9.59 Å². The van der Waals surface area contributed by atoms with Crippen LogP contribution in [0.1, 0.15) is 31.2 Å². The number of fused-ring (bicyclic) bond motifs is 1. The summed E-state index contributed by atoms with van der Waals surface area (Å²) in [5.41, 5.74) is 2.31. The lowest BCUT2D eigenvalue weighted by atomic mass is 10.1. The molecular formula is C18H23N3O2. The van der Waals surface area contributed by atoms with Gasteiger partial charge in [0, 0.05) is 37.1 Å². The fraction of sp³-hybridized carbons (Fsp3) is 0.444. The average Bonchev–Trinajstić information content (AvgIpc) is 2.89. The molecule has 122 valence electrons. The van der Waals surface area contributed by atoms with Crippen LogP contribution in [0, 0.1) is 0 Å². The molecule has 5 heteroatoms. The Bertz CT molecular complexity index is 707. The number of nitrogens with one attached hydrogen (secondary N) is 2. The molecule has 1 aliphatic rings. The predicted molar refractivity (Wildman–Crippen MR) is 90.0 cm³/mol. The van der Waals surface area contributed by atoms with Crippen LogP contribution in [0.3, 0.4) is 0 Å². The van der Waals surface area contributed by atoms with Gasteiger partial charge in [0.05, 0.1) is 0 Å². The number of hydrogen-bond acceptors (Lipinski definition) is 2. The highest BCUT2D eigenvalue weighted by atomic mass is 16.2. The molecule has 0 aliphatic carbocycles. The summed E-state index contributed by atoms with van der Waals surface area (Å²) in [4.78, 5) is 29.1. The van der Waals surface area contributed by atoms with E-state index >= 15 is 0 Å². The third-order valence-electron chi connectivity index (χ3n) is 4.65. The van der Waals surface area contributed by atoms with Gasteiger partial charge in [-0.1, -0.05) is 24.6 Å². The lowest BCUT2D eigenvalue weighted by Crippen LogP contribution is -2.47. The highest BCUT2D eigenvalue weighted by molar-refractivity contribution is 5.88. The second-order valence-corrected chi connectivity index (χ2v) is 6.17. The fourth-order valence-corrected chi connectivity index (χ4v) is 3.24. The Labute approximate surface area is 136 Å². The molecule has 1 atom stereocenters. The summed E-state index contributed by atoms with van der Waals surface area (Å²) >= 11 is 0. The minimum Gasteiger partial charge on any atom is -0.361 e. The molecule has 5 nitrogen and oxygen atoms in total. The maximum Gasteiger partial charge on any atom is 0.242 e. The number of amides is 2. The molecule has 1 aromatic carbocycles. The minimum atomic E-state index is -0.326. The Hall–Kier alpha value is -2.30. The quantitative estimate of drug-likeness (QED) is 0.909. The Morgan fingerprint density at radius 3 is 3.04 bits per heavy atom. The molecule has 1 unspecified atom stereocenters. The number of H-pyrrole nitrogens is 1. The zero-order valence-corrected chi connectivity index (χ0v) is 13.5. The molecule has 23 heavy (non-hydrogen) atoms. The predicted octanol–water partition coefficient (Wildman–Crippen LogP) is 2.23. The Balaban J connectivity index is 1.57. The number of carbonyl (C=O) groups excluding carboxylic acids is 2. The molecule has 0 spiro atoms. The van der Waals surface area contributed by atoms with E-state index in [1.165, 1.54) is 10.9 Å². The SMILES string of the molecule is CN1C(=O)CCCCC1C(=O)NCCc1c[nH]c2ccccc12. The molecule has 2 heterocycles. The fourth-order valence-electron chi connectivity index (χ4n) is 3.24. The number of hydrogen-bond donors (Lipinski definition) is 2. The molecule has 1 fully saturated rings. The highest BCUT2D eigenvalue weighted by Crippen LogP contribution is 2.18. The van der Waals surface area contributed by atoms with Crippen LogP contribution in [0.15, 0.2) is 30.5 Å². The van der Waals surface area contributed by atoms with Crippen LogP contribution in [0.4, 0.5) is 0 Å². The van der Waals surface area contributed by atoms with Gasteiger partial charge >= 0.3 is 0 Å². The van der Waals surface area contributed by atoms with E-state index < -0.39 is 0 Å². The van der Waals surface area contributed by atoms with Crippen LogP contribution in [0.2, 0.25) is 0 Å². The van der Waals surface area contributed by atoms with Gasteiger partial charge in [-0.2, -0.15) is 0 Å². The third kappa shape index (κ3) is 3.38. The molecule has 0 bridgehead atoms. The van der Waals surface area contributed by atoms with Crippen molar-refractivity contribution in [3.05, 3.63) is 36.0 Å². The summed E-state index contributed by atoms with van der Waals surface area (Å²) in [6.07, 6.45) is 5.88. The van der Waals surface area contributed by atoms with Crippen molar-refractivity contribution in [3.8, 4) is 0 Å². The third-order valence-corrected chi connectivity index (χ3v) is 4.65. The first-order valence-electron chi connectivity index (χ1n) is 8.25. The van der Waals surface area contributed by atoms with Crippen LogP contribution >= 0.6 is 0 Å². The van der Waals surface area contributed by atoms with E-state index in [-0.39, 0.29) is 17.9 Å². The number of para-hydroxylation sites is 1. The summed E-state index contributed by atoms with van der Waals surface area (Å²) in [5.74, 6) is 0.0295. The smallest absolute Gasteiger partial charge is 0.242 e. The second-order valence-electron chi connectivity index (χ2n) is 6.17. The van der Waals surface area contributed by atoms with Crippen molar-refractivity contribution in [3.63, 3.8) is 0 Å². The highest BCUT2D eigenvalue weighted by Gasteiger charge is 2.28. The number of benzene rings is 1. The minimum absolute atomic E-state index is 0.0393. The van der Waals surface area contributed by atoms with Crippen LogP contribution < -0.4 is 5.32 Å². The first-order valence-corrected chi connectivity index (χ1v) is 8.25. The molecular weight excluding hydrogens is 290 g/mol. The Kier molecular flexibility index (Phi) is 4.65. The van der Waals surface area contributed by atoms with Crippen molar-refractivity contribution in [1.29, 1.82) is 0 Å². The van der Waals surface area contributed by atoms with Crippen molar-refractivity contribution in [2.45, 2.75) is 38.1 Å². The maximum absolute atomic E-state index is 12.4. The Morgan fingerprint density at radius 2 is 2.17 bits per heavy atom. The lowest BCUT2D eigenvalue weighted by Gasteiger charge is -2.25. The van der Waals surface area contributed by atoms with Gasteiger partial charge < -0.3 is 15.2 Å². The van der Waals surface area contributed by atoms with Gasteiger partial charge in [-0.15, -0.1) is 0 Å². The van der Waals surface area contributed by atoms with Crippen molar-refractivity contribution in [2.75, 3.05) is 13.6 Å². The molecule has 0 saturated carbocycles. The van der Waals surface area contributed by atoms with E-state index in [9.17, 15) is 9.59 Å². The van der Waals surface area contributed by atoms with Crippen LogP contribution in [-0.4, -0.2) is 41.3 Å². The van der Waals surface area contributed by atoms with E-state index in [1.54, 1.807) is 11.9 Å². The monoisotopic (exact) mass is 313 g/mol. The summed E-state index contributed by atoms with van der Waals surface area (Å²) in [5, 5.41) is 4.19. The van der Waals surface area contributed by atoms with Gasteiger partial charge in [0.2, 0.25) is 11.8 Å². The largest absolute Gasteiger partial charge is 0.361 e. The first kappa shape index (κ1) is 15.6. The molecule has 1 saturated heterocycles. The number of carbonyl (C=O) groups is 2. The zero-order chi connectivity index (χ0) is 16.2. The molecule has 2 N–H and O–H groups in total. The lowest BCUT2D eigenvalue weighted by molar-refractivity contribution is -0.138. The number of likely N-dealkylation sites (tertiary alicyclic amines) is 1. The number of aromatic nitrogens is 1. The van der Waals surface area contributed by atoms with Gasteiger partial charge in [0.25, 0.3) is 0 Å². The van der Waals surface area contributed by atoms with Gasteiger partial charge in [-0.05, 0) is 30.9 Å². The van der Waals surface area contributed by atoms with Crippen LogP contribution in [0.25, 0.3) is 10.9 Å². The van der Waals surface area contributed by atoms with Gasteiger partial charge in [0.15, 0.2) is 0 Å². The summed E-state index contributed by atoms with van der Waals surface area (Å²) in [6.45, 7) is 0.583. The number of rotatable bonds is 4. The van der Waals surface area contributed by atoms with E-state index in [4.69, 9.17) is 0 Å². The van der Waals surface area contributed by atoms with Crippen molar-refractivity contribution < 1.29 is 9.59 Å². The van der Waals surface area contributed by atoms with E-state index in [0.29, 0.717) is 13.0 Å². The molecule has 1 aliphatic heterocycles. The van der Waals surface area contributed by atoms with Gasteiger partial charge in [-0.25, -0.2) is 0 Å². The first-order chi connectivity index (χ1) is 11.2. The van der Waals surface area contributed by atoms with E-state index in [2.05, 4.69) is 16.4 Å². The van der Waals surface area contributed by atoms with Crippen molar-refractivity contribution >= 4 is 22.7 Å². The van der Waals surface area contributed by atoms with Crippen LogP contribution in [0.5, 0.6) is 0 Å². The number of nitrogens with zero attached hydrogens (tertiary/aromatic N) is 1. The summed E-state index contributed by atoms with van der Waals surface area (Å²) < 4.78 is 0. The molecule has 3 rings (SSSR count). The number of likely N-dealkylation sites (N-methyl/N-ethyl adjacent to an activating group) is 1. The van der Waals surface area contributed by atoms with Crippen LogP contribution in [-0.2, 0) is 16.0 Å². The van der Waals surface area contributed by atoms with E-state index in [1.807, 2.05) is 24.4 Å². The molecule has 2 amide bonds. The molecule has 0 radical (unpaired) electrons. The normalized spacial score (nSPS) is 18.9. The van der Waals surface area contributed by atoms with Crippen molar-refractivity contribution in [2.24, 2.45) is 0 Å². The summed E-state index contributed by atoms with van der Waals surface area (Å²) in [7, 11) is 1.73. The molecule has 2 aromatic rings.